The molecule has 1 N–H and O–H groups in total. The Kier molecular flexibility index (Phi) is 6.34. The van der Waals surface area contributed by atoms with Crippen LogP contribution in [0.5, 0.6) is 0 Å². The summed E-state index contributed by atoms with van der Waals surface area (Å²) in [6.07, 6.45) is 5.49. The van der Waals surface area contributed by atoms with Crippen LogP contribution in [0.4, 0.5) is 4.39 Å². The minimum absolute atomic E-state index is 0.0667. The molecule has 1 rings (SSSR count). The van der Waals surface area contributed by atoms with E-state index >= 15 is 0 Å². The van der Waals surface area contributed by atoms with E-state index in [-0.39, 0.29) is 11.2 Å². The van der Waals surface area contributed by atoms with Crippen LogP contribution in [0.25, 0.3) is 0 Å². The molecular weight excluding hydrogens is 225 g/mol. The molecule has 1 unspecified atom stereocenters. The summed E-state index contributed by atoms with van der Waals surface area (Å²) in [5.41, 5.74) is 1.04. The molecule has 2 heteroatoms. The summed E-state index contributed by atoms with van der Waals surface area (Å²) in [6.45, 7) is 5.38. The van der Waals surface area contributed by atoms with Crippen molar-refractivity contribution < 1.29 is 4.39 Å². The quantitative estimate of drug-likeness (QED) is 0.731. The first kappa shape index (κ1) is 15.2. The van der Waals surface area contributed by atoms with Crippen molar-refractivity contribution >= 4 is 0 Å². The van der Waals surface area contributed by atoms with Crippen LogP contribution in [-0.2, 0) is 6.42 Å². The monoisotopic (exact) mass is 251 g/mol. The topological polar surface area (TPSA) is 12.0 Å². The van der Waals surface area contributed by atoms with E-state index in [0.717, 1.165) is 31.4 Å². The summed E-state index contributed by atoms with van der Waals surface area (Å²) in [5, 5.41) is 3.29. The van der Waals surface area contributed by atoms with Crippen molar-refractivity contribution in [1.82, 2.24) is 5.32 Å². The molecule has 1 aromatic carbocycles. The van der Waals surface area contributed by atoms with Gasteiger partial charge in [-0.25, -0.2) is 4.39 Å². The standard InChI is InChI=1S/C16H26FN/c1-4-6-11-16(5-2,13-18-3)12-14-9-7-8-10-15(14)17/h7-10,18H,4-6,11-13H2,1-3H3. The Morgan fingerprint density at radius 3 is 2.50 bits per heavy atom. The molecule has 102 valence electrons. The van der Waals surface area contributed by atoms with Crippen molar-refractivity contribution in [2.75, 3.05) is 13.6 Å². The van der Waals surface area contributed by atoms with Gasteiger partial charge in [0.2, 0.25) is 0 Å². The number of nitrogens with one attached hydrogen (secondary N) is 1. The van der Waals surface area contributed by atoms with Gasteiger partial charge in [-0.2, -0.15) is 0 Å². The van der Waals surface area contributed by atoms with Gasteiger partial charge in [-0.15, -0.1) is 0 Å². The zero-order chi connectivity index (χ0) is 13.4. The van der Waals surface area contributed by atoms with Gasteiger partial charge in [0.05, 0.1) is 0 Å². The predicted molar refractivity (Wildman–Crippen MR) is 76.3 cm³/mol. The van der Waals surface area contributed by atoms with Gasteiger partial charge < -0.3 is 5.32 Å². The van der Waals surface area contributed by atoms with Crippen LogP contribution in [0.3, 0.4) is 0 Å². The molecule has 1 nitrogen and oxygen atoms in total. The predicted octanol–water partition coefficient (Wildman–Crippen LogP) is 4.17. The van der Waals surface area contributed by atoms with Crippen molar-refractivity contribution in [3.63, 3.8) is 0 Å². The first-order chi connectivity index (χ1) is 8.67. The minimum atomic E-state index is -0.0667. The number of hydrogen-bond donors (Lipinski definition) is 1. The lowest BCUT2D eigenvalue weighted by Gasteiger charge is -2.33. The van der Waals surface area contributed by atoms with Crippen LogP contribution in [0.1, 0.15) is 45.1 Å². The zero-order valence-electron chi connectivity index (χ0n) is 11.9. The Bertz CT molecular complexity index is 351. The summed E-state index contributed by atoms with van der Waals surface area (Å²) in [4.78, 5) is 0. The van der Waals surface area contributed by atoms with Gasteiger partial charge in [0.25, 0.3) is 0 Å². The van der Waals surface area contributed by atoms with Gasteiger partial charge in [-0.3, -0.25) is 0 Å². The molecule has 0 spiro atoms. The second kappa shape index (κ2) is 7.52. The Hall–Kier alpha value is -0.890. The summed E-state index contributed by atoms with van der Waals surface area (Å²) in [7, 11) is 1.98. The van der Waals surface area contributed by atoms with Crippen LogP contribution in [0.2, 0.25) is 0 Å². The van der Waals surface area contributed by atoms with Crippen molar-refractivity contribution in [2.24, 2.45) is 5.41 Å². The number of rotatable bonds is 8. The highest BCUT2D eigenvalue weighted by Gasteiger charge is 2.28. The maximum absolute atomic E-state index is 13.8. The molecule has 0 heterocycles. The Labute approximate surface area is 111 Å². The van der Waals surface area contributed by atoms with E-state index < -0.39 is 0 Å². The second-order valence-electron chi connectivity index (χ2n) is 5.26. The van der Waals surface area contributed by atoms with Gasteiger partial charge in [0, 0.05) is 6.54 Å². The molecule has 0 aliphatic rings. The largest absolute Gasteiger partial charge is 0.319 e. The molecule has 0 fully saturated rings. The van der Waals surface area contributed by atoms with Crippen molar-refractivity contribution in [2.45, 2.75) is 46.0 Å². The SMILES string of the molecule is CCCCC(CC)(CNC)Cc1ccccc1F. The molecule has 1 aromatic rings. The lowest BCUT2D eigenvalue weighted by Crippen LogP contribution is -2.34. The zero-order valence-corrected chi connectivity index (χ0v) is 11.9. The highest BCUT2D eigenvalue weighted by molar-refractivity contribution is 5.19. The van der Waals surface area contributed by atoms with Crippen LogP contribution in [-0.4, -0.2) is 13.6 Å². The number of hydrogen-bond acceptors (Lipinski definition) is 1. The molecule has 0 saturated carbocycles. The average Bonchev–Trinajstić information content (AvgIpc) is 2.39. The molecule has 0 aliphatic carbocycles. The molecule has 0 saturated heterocycles. The van der Waals surface area contributed by atoms with E-state index in [4.69, 9.17) is 0 Å². The van der Waals surface area contributed by atoms with E-state index in [0.29, 0.717) is 0 Å². The number of halogens is 1. The van der Waals surface area contributed by atoms with Crippen molar-refractivity contribution in [3.8, 4) is 0 Å². The lowest BCUT2D eigenvalue weighted by molar-refractivity contribution is 0.232. The number of unbranched alkanes of at least 4 members (excludes halogenated alkanes) is 1. The first-order valence-corrected chi connectivity index (χ1v) is 7.05. The van der Waals surface area contributed by atoms with E-state index in [2.05, 4.69) is 19.2 Å². The van der Waals surface area contributed by atoms with Crippen LogP contribution < -0.4 is 5.32 Å². The number of benzene rings is 1. The molecule has 1 atom stereocenters. The Morgan fingerprint density at radius 2 is 1.94 bits per heavy atom. The van der Waals surface area contributed by atoms with Gasteiger partial charge in [0.1, 0.15) is 5.82 Å². The lowest BCUT2D eigenvalue weighted by atomic mass is 9.75. The van der Waals surface area contributed by atoms with Crippen molar-refractivity contribution in [3.05, 3.63) is 35.6 Å². The van der Waals surface area contributed by atoms with Gasteiger partial charge in [-0.05, 0) is 43.4 Å². The van der Waals surface area contributed by atoms with Gasteiger partial charge in [0.15, 0.2) is 0 Å². The normalized spacial score (nSPS) is 14.4. The van der Waals surface area contributed by atoms with E-state index in [1.165, 1.54) is 12.8 Å². The highest BCUT2D eigenvalue weighted by atomic mass is 19.1. The summed E-state index contributed by atoms with van der Waals surface area (Å²) in [6, 6.07) is 7.17. The summed E-state index contributed by atoms with van der Waals surface area (Å²) >= 11 is 0. The first-order valence-electron chi connectivity index (χ1n) is 7.05. The second-order valence-corrected chi connectivity index (χ2v) is 5.26. The average molecular weight is 251 g/mol. The molecular formula is C16H26FN. The maximum atomic E-state index is 13.8. The molecule has 18 heavy (non-hydrogen) atoms. The van der Waals surface area contributed by atoms with E-state index in [1.54, 1.807) is 12.1 Å². The third-order valence-corrected chi connectivity index (χ3v) is 3.89. The van der Waals surface area contributed by atoms with Crippen LogP contribution in [0, 0.1) is 11.2 Å². The molecule has 0 aliphatic heterocycles. The summed E-state index contributed by atoms with van der Waals surface area (Å²) in [5.74, 6) is -0.0667. The Morgan fingerprint density at radius 1 is 1.22 bits per heavy atom. The van der Waals surface area contributed by atoms with Gasteiger partial charge in [-0.1, -0.05) is 44.9 Å². The van der Waals surface area contributed by atoms with Crippen molar-refractivity contribution in [1.29, 1.82) is 0 Å². The molecule has 0 amide bonds. The third kappa shape index (κ3) is 4.09. The molecule has 0 bridgehead atoms. The summed E-state index contributed by atoms with van der Waals surface area (Å²) < 4.78 is 13.8. The molecule has 0 aromatic heterocycles. The fourth-order valence-electron chi connectivity index (χ4n) is 2.64. The minimum Gasteiger partial charge on any atom is -0.319 e. The smallest absolute Gasteiger partial charge is 0.126 e. The van der Waals surface area contributed by atoms with E-state index in [1.807, 2.05) is 19.2 Å². The fourth-order valence-corrected chi connectivity index (χ4v) is 2.64. The maximum Gasteiger partial charge on any atom is 0.126 e. The molecule has 0 radical (unpaired) electrons. The van der Waals surface area contributed by atoms with Crippen LogP contribution >= 0.6 is 0 Å². The third-order valence-electron chi connectivity index (χ3n) is 3.89. The highest BCUT2D eigenvalue weighted by Crippen LogP contribution is 2.33. The fraction of sp³-hybridized carbons (Fsp3) is 0.625. The van der Waals surface area contributed by atoms with Gasteiger partial charge >= 0.3 is 0 Å². The van der Waals surface area contributed by atoms with E-state index in [9.17, 15) is 4.39 Å². The Balaban J connectivity index is 2.85. The van der Waals surface area contributed by atoms with Crippen LogP contribution in [0.15, 0.2) is 24.3 Å².